The van der Waals surface area contributed by atoms with E-state index in [1.807, 2.05) is 0 Å². The third-order valence-electron chi connectivity index (χ3n) is 2.63. The number of aromatic nitrogens is 2. The first-order chi connectivity index (χ1) is 7.66. The van der Waals surface area contributed by atoms with Crippen LogP contribution >= 0.6 is 23.3 Å². The summed E-state index contributed by atoms with van der Waals surface area (Å²) < 4.78 is 8.11. The van der Waals surface area contributed by atoms with Crippen LogP contribution in [0.15, 0.2) is 0 Å². The number of piperidine rings is 1. The maximum Gasteiger partial charge on any atom is 0.217 e. The molecule has 0 atom stereocenters. The van der Waals surface area contributed by atoms with Crippen LogP contribution in [-0.4, -0.2) is 33.8 Å². The van der Waals surface area contributed by atoms with E-state index in [1.54, 1.807) is 6.92 Å². The van der Waals surface area contributed by atoms with Gasteiger partial charge in [0.1, 0.15) is 0 Å². The molecule has 0 bridgehead atoms. The van der Waals surface area contributed by atoms with E-state index in [1.165, 1.54) is 0 Å². The highest BCUT2D eigenvalue weighted by Crippen LogP contribution is 2.25. The molecule has 2 heterocycles. The highest BCUT2D eigenvalue weighted by atomic mass is 35.5. The molecule has 88 valence electrons. The van der Waals surface area contributed by atoms with Gasteiger partial charge in [0, 0.05) is 26.1 Å². The molecule has 0 unspecified atom stereocenters. The molecule has 1 fully saturated rings. The molecule has 0 aromatic carbocycles. The van der Waals surface area contributed by atoms with E-state index in [9.17, 15) is 4.79 Å². The number of hydrogen-bond donors (Lipinski definition) is 1. The largest absolute Gasteiger partial charge is 0.353 e. The fourth-order valence-corrected chi connectivity index (χ4v) is 2.66. The van der Waals surface area contributed by atoms with E-state index in [-0.39, 0.29) is 11.9 Å². The molecule has 7 heteroatoms. The number of halogens is 1. The van der Waals surface area contributed by atoms with Crippen LogP contribution in [0.4, 0.5) is 5.82 Å². The Labute approximate surface area is 103 Å². The van der Waals surface area contributed by atoms with Crippen LogP contribution in [0.25, 0.3) is 0 Å². The Morgan fingerprint density at radius 3 is 2.69 bits per heavy atom. The molecule has 0 radical (unpaired) electrons. The van der Waals surface area contributed by atoms with Crippen molar-refractivity contribution in [2.45, 2.75) is 25.8 Å². The minimum Gasteiger partial charge on any atom is -0.353 e. The molecule has 1 saturated heterocycles. The van der Waals surface area contributed by atoms with E-state index in [2.05, 4.69) is 19.0 Å². The van der Waals surface area contributed by atoms with Crippen LogP contribution in [0.2, 0.25) is 5.15 Å². The number of anilines is 1. The van der Waals surface area contributed by atoms with Crippen molar-refractivity contribution < 1.29 is 4.79 Å². The molecule has 1 aliphatic rings. The van der Waals surface area contributed by atoms with Crippen molar-refractivity contribution in [1.82, 2.24) is 14.1 Å². The smallest absolute Gasteiger partial charge is 0.217 e. The Balaban J connectivity index is 1.90. The minimum absolute atomic E-state index is 0.0341. The number of nitrogens with zero attached hydrogens (tertiary/aromatic N) is 3. The van der Waals surface area contributed by atoms with Gasteiger partial charge < -0.3 is 10.2 Å². The minimum atomic E-state index is 0.0341. The second-order valence-electron chi connectivity index (χ2n) is 3.84. The Morgan fingerprint density at radius 2 is 2.19 bits per heavy atom. The van der Waals surface area contributed by atoms with Crippen LogP contribution in [0.3, 0.4) is 0 Å². The predicted octanol–water partition coefficient (Wildman–Crippen LogP) is 1.30. The van der Waals surface area contributed by atoms with Gasteiger partial charge in [-0.1, -0.05) is 11.6 Å². The summed E-state index contributed by atoms with van der Waals surface area (Å²) in [4.78, 5) is 13.0. The van der Waals surface area contributed by atoms with Crippen LogP contribution in [-0.2, 0) is 4.79 Å². The molecule has 0 saturated carbocycles. The molecule has 2 rings (SSSR count). The van der Waals surface area contributed by atoms with Crippen LogP contribution in [0, 0.1) is 0 Å². The fourth-order valence-electron chi connectivity index (χ4n) is 1.88. The van der Waals surface area contributed by atoms with Crippen molar-refractivity contribution in [1.29, 1.82) is 0 Å². The van der Waals surface area contributed by atoms with Crippen molar-refractivity contribution in [2.24, 2.45) is 0 Å². The predicted molar refractivity (Wildman–Crippen MR) is 64.0 cm³/mol. The molecule has 16 heavy (non-hydrogen) atoms. The van der Waals surface area contributed by atoms with Gasteiger partial charge in [-0.05, 0) is 12.8 Å². The lowest BCUT2D eigenvalue weighted by atomic mass is 10.1. The topological polar surface area (TPSA) is 58.1 Å². The first kappa shape index (κ1) is 11.6. The lowest BCUT2D eigenvalue weighted by Crippen LogP contribution is -2.44. The number of nitrogens with one attached hydrogen (secondary N) is 1. The Morgan fingerprint density at radius 1 is 1.50 bits per heavy atom. The van der Waals surface area contributed by atoms with Crippen molar-refractivity contribution >= 4 is 35.1 Å². The Bertz CT molecular complexity index is 375. The van der Waals surface area contributed by atoms with Gasteiger partial charge in [-0.15, -0.1) is 0 Å². The van der Waals surface area contributed by atoms with E-state index in [0.29, 0.717) is 5.15 Å². The standard InChI is InChI=1S/C9H13ClN4OS/c1-6(15)11-7-2-4-14(5-3-7)9-8(10)12-16-13-9/h7H,2-5H2,1H3,(H,11,15). The summed E-state index contributed by atoms with van der Waals surface area (Å²) in [5, 5.41) is 3.41. The summed E-state index contributed by atoms with van der Waals surface area (Å²) >= 11 is 7.05. The zero-order valence-electron chi connectivity index (χ0n) is 8.94. The molecule has 1 aliphatic heterocycles. The lowest BCUT2D eigenvalue weighted by Gasteiger charge is -2.32. The van der Waals surface area contributed by atoms with Crippen LogP contribution in [0.5, 0.6) is 0 Å². The van der Waals surface area contributed by atoms with E-state index in [4.69, 9.17) is 11.6 Å². The number of carbonyl (C=O) groups excluding carboxylic acids is 1. The third-order valence-corrected chi connectivity index (χ3v) is 3.51. The van der Waals surface area contributed by atoms with Crippen molar-refractivity contribution in [3.63, 3.8) is 0 Å². The molecule has 0 spiro atoms. The van der Waals surface area contributed by atoms with Gasteiger partial charge in [0.15, 0.2) is 11.0 Å². The Hall–Kier alpha value is -0.880. The average Bonchev–Trinajstić information content (AvgIpc) is 2.65. The molecule has 0 aliphatic carbocycles. The van der Waals surface area contributed by atoms with Gasteiger partial charge in [0.2, 0.25) is 5.91 Å². The fraction of sp³-hybridized carbons (Fsp3) is 0.667. The first-order valence-electron chi connectivity index (χ1n) is 5.17. The summed E-state index contributed by atoms with van der Waals surface area (Å²) in [5.74, 6) is 0.805. The zero-order chi connectivity index (χ0) is 11.5. The third kappa shape index (κ3) is 2.62. The van der Waals surface area contributed by atoms with Gasteiger partial charge in [-0.2, -0.15) is 8.75 Å². The quantitative estimate of drug-likeness (QED) is 0.871. The van der Waals surface area contributed by atoms with Gasteiger partial charge >= 0.3 is 0 Å². The van der Waals surface area contributed by atoms with E-state index < -0.39 is 0 Å². The number of carbonyl (C=O) groups is 1. The molecule has 1 N–H and O–H groups in total. The maximum atomic E-state index is 10.9. The number of amides is 1. The van der Waals surface area contributed by atoms with Crippen molar-refractivity contribution in [3.8, 4) is 0 Å². The molecule has 1 amide bonds. The molecule has 1 aromatic rings. The van der Waals surface area contributed by atoms with E-state index >= 15 is 0 Å². The summed E-state index contributed by atoms with van der Waals surface area (Å²) in [6.45, 7) is 3.26. The number of hydrogen-bond acceptors (Lipinski definition) is 5. The highest BCUT2D eigenvalue weighted by Gasteiger charge is 2.22. The summed E-state index contributed by atoms with van der Waals surface area (Å²) in [7, 11) is 0. The van der Waals surface area contributed by atoms with Gasteiger partial charge in [0.25, 0.3) is 0 Å². The summed E-state index contributed by atoms with van der Waals surface area (Å²) in [6.07, 6.45) is 1.85. The second-order valence-corrected chi connectivity index (χ2v) is 4.73. The average molecular weight is 261 g/mol. The Kier molecular flexibility index (Phi) is 3.60. The summed E-state index contributed by atoms with van der Waals surface area (Å²) in [5.41, 5.74) is 0. The SMILES string of the molecule is CC(=O)NC1CCN(c2nsnc2Cl)CC1. The lowest BCUT2D eigenvalue weighted by molar-refractivity contribution is -0.119. The van der Waals surface area contributed by atoms with Crippen LogP contribution < -0.4 is 10.2 Å². The molecular formula is C9H13ClN4OS. The van der Waals surface area contributed by atoms with Crippen molar-refractivity contribution in [3.05, 3.63) is 5.15 Å². The number of rotatable bonds is 2. The van der Waals surface area contributed by atoms with Gasteiger partial charge in [0.05, 0.1) is 11.7 Å². The second kappa shape index (κ2) is 4.97. The summed E-state index contributed by atoms with van der Waals surface area (Å²) in [6, 6.07) is 0.277. The van der Waals surface area contributed by atoms with E-state index in [0.717, 1.165) is 43.5 Å². The molecule has 5 nitrogen and oxygen atoms in total. The normalized spacial score (nSPS) is 17.5. The molecular weight excluding hydrogens is 248 g/mol. The molecule has 1 aromatic heterocycles. The zero-order valence-corrected chi connectivity index (χ0v) is 10.5. The van der Waals surface area contributed by atoms with Gasteiger partial charge in [-0.3, -0.25) is 4.79 Å². The maximum absolute atomic E-state index is 10.9. The van der Waals surface area contributed by atoms with Crippen molar-refractivity contribution in [2.75, 3.05) is 18.0 Å². The first-order valence-corrected chi connectivity index (χ1v) is 6.27. The van der Waals surface area contributed by atoms with Crippen LogP contribution in [0.1, 0.15) is 19.8 Å². The monoisotopic (exact) mass is 260 g/mol. The van der Waals surface area contributed by atoms with Gasteiger partial charge in [-0.25, -0.2) is 0 Å². The highest BCUT2D eigenvalue weighted by molar-refractivity contribution is 6.99.